The number of nitrogens with zero attached hydrogens (tertiary/aromatic N) is 7. The first kappa shape index (κ1) is 16.0. The van der Waals surface area contributed by atoms with Crippen LogP contribution in [-0.4, -0.2) is 55.4 Å². The number of hydrogen-bond acceptors (Lipinski definition) is 6. The summed E-state index contributed by atoms with van der Waals surface area (Å²) < 4.78 is 9.75. The van der Waals surface area contributed by atoms with Crippen molar-refractivity contribution in [3.8, 4) is 11.1 Å². The third-order valence-electron chi connectivity index (χ3n) is 5.69. The lowest BCUT2D eigenvalue weighted by atomic mass is 10.1. The van der Waals surface area contributed by atoms with Crippen molar-refractivity contribution in [1.82, 2.24) is 29.1 Å². The number of imidazole rings is 1. The van der Waals surface area contributed by atoms with E-state index >= 15 is 0 Å². The van der Waals surface area contributed by atoms with E-state index in [1.807, 2.05) is 16.9 Å². The number of aryl methyl sites for hydroxylation is 1. The molecule has 8 nitrogen and oxygen atoms in total. The number of aromatic nitrogens is 6. The molecule has 6 rings (SSSR count). The second-order valence-corrected chi connectivity index (χ2v) is 7.53. The molecule has 1 saturated carbocycles. The topological polar surface area (TPSA) is 73.4 Å². The van der Waals surface area contributed by atoms with Gasteiger partial charge in [0, 0.05) is 42.7 Å². The molecule has 1 aliphatic heterocycles. The Morgan fingerprint density at radius 2 is 2.00 bits per heavy atom. The van der Waals surface area contributed by atoms with Gasteiger partial charge in [-0.1, -0.05) is 0 Å². The number of rotatable bonds is 3. The Hall–Kier alpha value is -3.00. The van der Waals surface area contributed by atoms with Crippen molar-refractivity contribution in [3.05, 3.63) is 36.7 Å². The molecular weight excluding hydrogens is 354 g/mol. The van der Waals surface area contributed by atoms with E-state index in [1.165, 1.54) is 12.8 Å². The Labute approximate surface area is 161 Å². The van der Waals surface area contributed by atoms with Crippen molar-refractivity contribution in [2.45, 2.75) is 25.8 Å². The van der Waals surface area contributed by atoms with Crippen molar-refractivity contribution in [3.63, 3.8) is 0 Å². The molecule has 28 heavy (non-hydrogen) atoms. The number of anilines is 1. The molecular formula is C20H21N7O. The molecule has 142 valence electrons. The van der Waals surface area contributed by atoms with Crippen LogP contribution in [0.25, 0.3) is 27.8 Å². The summed E-state index contributed by atoms with van der Waals surface area (Å²) in [6.07, 6.45) is 7.97. The van der Waals surface area contributed by atoms with E-state index in [-0.39, 0.29) is 0 Å². The van der Waals surface area contributed by atoms with Crippen LogP contribution in [0.3, 0.4) is 0 Å². The SMILES string of the molecule is Cc1nc2ncc(-c3ccn4ncnc(N5CCOCC5)c34)cc2n1C1CC1. The zero-order valence-electron chi connectivity index (χ0n) is 15.7. The van der Waals surface area contributed by atoms with Crippen molar-refractivity contribution >= 4 is 22.5 Å². The van der Waals surface area contributed by atoms with Crippen LogP contribution in [-0.2, 0) is 4.74 Å². The van der Waals surface area contributed by atoms with Gasteiger partial charge < -0.3 is 14.2 Å². The van der Waals surface area contributed by atoms with Gasteiger partial charge in [-0.05, 0) is 31.9 Å². The van der Waals surface area contributed by atoms with Crippen molar-refractivity contribution < 1.29 is 4.74 Å². The van der Waals surface area contributed by atoms with Gasteiger partial charge in [0.2, 0.25) is 0 Å². The van der Waals surface area contributed by atoms with E-state index in [0.29, 0.717) is 6.04 Å². The van der Waals surface area contributed by atoms with Gasteiger partial charge in [-0.25, -0.2) is 19.5 Å². The minimum Gasteiger partial charge on any atom is -0.378 e. The average molecular weight is 375 g/mol. The molecule has 4 aromatic rings. The van der Waals surface area contributed by atoms with E-state index < -0.39 is 0 Å². The number of pyridine rings is 1. The smallest absolute Gasteiger partial charge is 0.177 e. The van der Waals surface area contributed by atoms with Crippen LogP contribution in [0.2, 0.25) is 0 Å². The van der Waals surface area contributed by atoms with Gasteiger partial charge in [0.15, 0.2) is 11.5 Å². The number of morpholine rings is 1. The van der Waals surface area contributed by atoms with Crippen molar-refractivity contribution in [1.29, 1.82) is 0 Å². The predicted molar refractivity (Wildman–Crippen MR) is 106 cm³/mol. The summed E-state index contributed by atoms with van der Waals surface area (Å²) in [5, 5.41) is 4.41. The van der Waals surface area contributed by atoms with E-state index in [4.69, 9.17) is 4.74 Å². The monoisotopic (exact) mass is 375 g/mol. The van der Waals surface area contributed by atoms with E-state index in [9.17, 15) is 0 Å². The van der Waals surface area contributed by atoms with Crippen LogP contribution in [0.5, 0.6) is 0 Å². The molecule has 0 amide bonds. The van der Waals surface area contributed by atoms with Crippen LogP contribution in [0.1, 0.15) is 24.7 Å². The normalized spacial score (nSPS) is 17.7. The maximum absolute atomic E-state index is 5.51. The van der Waals surface area contributed by atoms with Gasteiger partial charge in [-0.3, -0.25) is 0 Å². The molecule has 4 aromatic heterocycles. The lowest BCUT2D eigenvalue weighted by Gasteiger charge is -2.28. The third-order valence-corrected chi connectivity index (χ3v) is 5.69. The molecule has 0 aromatic carbocycles. The summed E-state index contributed by atoms with van der Waals surface area (Å²) in [6, 6.07) is 4.88. The van der Waals surface area contributed by atoms with Crippen LogP contribution in [0.15, 0.2) is 30.9 Å². The molecule has 8 heteroatoms. The molecule has 1 saturated heterocycles. The standard InChI is InChI=1S/C20H21N7O/c1-13-24-19-17(27(13)15-2-3-15)10-14(11-21-19)16-4-5-26-18(16)20(22-12-23-26)25-6-8-28-9-7-25/h4-5,10-12,15H,2-3,6-9H2,1H3. The fourth-order valence-electron chi connectivity index (χ4n) is 4.21. The molecule has 0 unspecified atom stereocenters. The Bertz CT molecular complexity index is 1180. The number of ether oxygens (including phenoxy) is 1. The summed E-state index contributed by atoms with van der Waals surface area (Å²) >= 11 is 0. The quantitative estimate of drug-likeness (QED) is 0.548. The van der Waals surface area contributed by atoms with Crippen molar-refractivity contribution in [2.75, 3.05) is 31.2 Å². The second-order valence-electron chi connectivity index (χ2n) is 7.53. The lowest BCUT2D eigenvalue weighted by Crippen LogP contribution is -2.37. The van der Waals surface area contributed by atoms with Gasteiger partial charge in [0.25, 0.3) is 0 Å². The molecule has 0 radical (unpaired) electrons. The van der Waals surface area contributed by atoms with Crippen molar-refractivity contribution in [2.24, 2.45) is 0 Å². The minimum atomic E-state index is 0.570. The highest BCUT2D eigenvalue weighted by molar-refractivity contribution is 5.91. The van der Waals surface area contributed by atoms with Crippen LogP contribution < -0.4 is 4.90 Å². The number of hydrogen-bond donors (Lipinski definition) is 0. The molecule has 0 atom stereocenters. The zero-order valence-corrected chi connectivity index (χ0v) is 15.7. The fourth-order valence-corrected chi connectivity index (χ4v) is 4.21. The summed E-state index contributed by atoms with van der Waals surface area (Å²) in [4.78, 5) is 16.2. The number of fused-ring (bicyclic) bond motifs is 2. The van der Waals surface area contributed by atoms with Gasteiger partial charge >= 0.3 is 0 Å². The molecule has 0 N–H and O–H groups in total. The minimum absolute atomic E-state index is 0.570. The second kappa shape index (κ2) is 6.00. The maximum Gasteiger partial charge on any atom is 0.177 e. The largest absolute Gasteiger partial charge is 0.378 e. The molecule has 2 fully saturated rings. The Kier molecular flexibility index (Phi) is 3.43. The van der Waals surface area contributed by atoms with E-state index in [1.54, 1.807) is 6.33 Å². The molecule has 2 aliphatic rings. The zero-order chi connectivity index (χ0) is 18.7. The van der Waals surface area contributed by atoms with E-state index in [0.717, 1.165) is 65.8 Å². The summed E-state index contributed by atoms with van der Waals surface area (Å²) in [5.74, 6) is 1.99. The molecule has 1 aliphatic carbocycles. The first-order valence-electron chi connectivity index (χ1n) is 9.79. The van der Waals surface area contributed by atoms with Gasteiger partial charge in [0.1, 0.15) is 17.7 Å². The summed E-state index contributed by atoms with van der Waals surface area (Å²) in [6.45, 7) is 5.18. The van der Waals surface area contributed by atoms with Crippen LogP contribution in [0, 0.1) is 6.92 Å². The Morgan fingerprint density at radius 3 is 2.82 bits per heavy atom. The molecule has 0 spiro atoms. The van der Waals surface area contributed by atoms with Gasteiger partial charge in [0.05, 0.1) is 18.7 Å². The first-order valence-corrected chi connectivity index (χ1v) is 9.79. The van der Waals surface area contributed by atoms with Gasteiger partial charge in [-0.2, -0.15) is 5.10 Å². The van der Waals surface area contributed by atoms with E-state index in [2.05, 4.69) is 48.6 Å². The third kappa shape index (κ3) is 2.41. The first-order chi connectivity index (χ1) is 13.8. The maximum atomic E-state index is 5.51. The highest BCUT2D eigenvalue weighted by Crippen LogP contribution is 2.39. The highest BCUT2D eigenvalue weighted by Gasteiger charge is 2.28. The summed E-state index contributed by atoms with van der Waals surface area (Å²) in [5.41, 5.74) is 5.11. The fraction of sp³-hybridized carbons (Fsp3) is 0.400. The average Bonchev–Trinajstić information content (AvgIpc) is 3.37. The molecule has 5 heterocycles. The van der Waals surface area contributed by atoms with Crippen LogP contribution >= 0.6 is 0 Å². The van der Waals surface area contributed by atoms with Crippen LogP contribution in [0.4, 0.5) is 5.82 Å². The van der Waals surface area contributed by atoms with Gasteiger partial charge in [-0.15, -0.1) is 0 Å². The predicted octanol–water partition coefficient (Wildman–Crippen LogP) is 2.62. The summed E-state index contributed by atoms with van der Waals surface area (Å²) in [7, 11) is 0. The highest BCUT2D eigenvalue weighted by atomic mass is 16.5. The lowest BCUT2D eigenvalue weighted by molar-refractivity contribution is 0.122. The molecule has 0 bridgehead atoms. The Balaban J connectivity index is 1.53. The Morgan fingerprint density at radius 1 is 1.14 bits per heavy atom.